The Kier molecular flexibility index (Phi) is 40.9. The number of ether oxygens (including phenoxy) is 5. The minimum atomic E-state index is -1.76. The Balaban J connectivity index is 0.000000307. The molecule has 0 atom stereocenters. The number of methoxy groups -OCH3 is 2. The summed E-state index contributed by atoms with van der Waals surface area (Å²) in [5.74, 6) is -2.83. The number of aromatic hydroxyl groups is 1. The summed E-state index contributed by atoms with van der Waals surface area (Å²) in [7, 11) is 4.27. The Morgan fingerprint density at radius 3 is 1.57 bits per heavy atom. The molecule has 12 aromatic rings. The summed E-state index contributed by atoms with van der Waals surface area (Å²) in [6.07, 6.45) is 22.3. The van der Waals surface area contributed by atoms with Crippen molar-refractivity contribution in [3.05, 3.63) is 197 Å². The summed E-state index contributed by atoms with van der Waals surface area (Å²) < 4.78 is 67.3. The topological polar surface area (TPSA) is 270 Å². The van der Waals surface area contributed by atoms with E-state index < -0.39 is 44.7 Å². The number of esters is 2. The van der Waals surface area contributed by atoms with Crippen molar-refractivity contribution in [2.45, 2.75) is 83.8 Å². The summed E-state index contributed by atoms with van der Waals surface area (Å²) in [5.41, 5.74) is 6.27. The first kappa shape index (κ1) is 89.0. The maximum atomic E-state index is 13.4. The van der Waals surface area contributed by atoms with E-state index in [1.165, 1.54) is 57.3 Å². The molecule has 33 heteroatoms. The molecule has 10 aromatic heterocycles. The number of nitrogens with zero attached hydrogens (tertiary/aromatic N) is 8. The molecule has 12 heterocycles. The fourth-order valence-corrected chi connectivity index (χ4v) is 18.0. The number of rotatable bonds is 9. The number of carbonyl (C=O) groups excluding carboxylic acids is 2. The molecule has 0 spiro atoms. The summed E-state index contributed by atoms with van der Waals surface area (Å²) >= 11 is 14.4. The van der Waals surface area contributed by atoms with E-state index in [0.717, 1.165) is 110 Å². The molecule has 20 nitrogen and oxygen atoms in total. The van der Waals surface area contributed by atoms with Gasteiger partial charge < -0.3 is 73.0 Å². The van der Waals surface area contributed by atoms with Gasteiger partial charge in [0, 0.05) is 126 Å². The van der Waals surface area contributed by atoms with Gasteiger partial charge in [-0.15, -0.1) is 0 Å². The normalized spacial score (nSPS) is 11.7. The Labute approximate surface area is 646 Å². The van der Waals surface area contributed by atoms with Crippen LogP contribution in [-0.4, -0.2) is 122 Å². The molecule has 2 aromatic carbocycles. The van der Waals surface area contributed by atoms with Crippen LogP contribution in [-0.2, 0) is 86.0 Å². The number of H-pyrrole nitrogens is 2. The van der Waals surface area contributed by atoms with E-state index in [1.54, 1.807) is 61.4 Å². The number of halogens is 5. The number of aromatic amines is 2. The Bertz CT molecular complexity index is 4350. The van der Waals surface area contributed by atoms with Gasteiger partial charge in [0.05, 0.1) is 32.2 Å². The van der Waals surface area contributed by atoms with Crippen LogP contribution in [0, 0.1) is 17.5 Å². The van der Waals surface area contributed by atoms with E-state index in [4.69, 9.17) is 24.3 Å². The first-order valence-corrected chi connectivity index (χ1v) is 37.8. The Hall–Kier alpha value is -6.23. The van der Waals surface area contributed by atoms with Crippen molar-refractivity contribution in [1.29, 1.82) is 0 Å². The number of pyridine rings is 5. The minimum Gasteiger partial charge on any atom is -0.506 e. The maximum absolute atomic E-state index is 13.4. The minimum absolute atomic E-state index is 0. The van der Waals surface area contributed by atoms with Gasteiger partial charge in [0.1, 0.15) is 57.2 Å². The van der Waals surface area contributed by atoms with Gasteiger partial charge in [0.25, 0.3) is 0 Å². The van der Waals surface area contributed by atoms with E-state index >= 15 is 0 Å². The average Bonchev–Trinajstić information content (AvgIpc) is 1.73. The molecule has 0 amide bonds. The second-order valence-corrected chi connectivity index (χ2v) is 29.9. The van der Waals surface area contributed by atoms with Crippen LogP contribution >= 0.6 is 47.9 Å². The van der Waals surface area contributed by atoms with E-state index in [1.807, 2.05) is 36.5 Å². The molecule has 0 saturated carbocycles. The van der Waals surface area contributed by atoms with Gasteiger partial charge in [-0.2, -0.15) is 0 Å². The molecule has 0 bridgehead atoms. The molecule has 0 radical (unpaired) electrons. The van der Waals surface area contributed by atoms with Gasteiger partial charge in [-0.05, 0) is 163 Å². The fraction of sp³-hybridized carbons (Fsp3) is 0.279. The van der Waals surface area contributed by atoms with E-state index in [2.05, 4.69) is 184 Å². The number of hydrogen-bond donors (Lipinski definition) is 5. The first-order valence-electron chi connectivity index (χ1n) is 30.7. The third kappa shape index (κ3) is 26.8. The van der Waals surface area contributed by atoms with Crippen molar-refractivity contribution < 1.29 is 105 Å². The molecule has 101 heavy (non-hydrogen) atoms. The quantitative estimate of drug-likeness (QED) is 0.0510. The average molecular weight is 1670 g/mol. The van der Waals surface area contributed by atoms with Crippen LogP contribution in [0.15, 0.2) is 168 Å². The summed E-state index contributed by atoms with van der Waals surface area (Å²) in [6.45, 7) is 18.1. The van der Waals surface area contributed by atoms with Crippen LogP contribution in [0.1, 0.15) is 87.9 Å². The summed E-state index contributed by atoms with van der Waals surface area (Å²) in [4.78, 5) is 57.2. The second kappa shape index (κ2) is 46.5. The molecule has 2 aliphatic rings. The van der Waals surface area contributed by atoms with Crippen LogP contribution in [0.2, 0.25) is 16.6 Å². The smallest absolute Gasteiger partial charge is 0.488 e. The fourth-order valence-electron chi connectivity index (χ4n) is 10.7. The molecule has 14 rings (SSSR count). The van der Waals surface area contributed by atoms with Gasteiger partial charge in [-0.3, -0.25) is 0 Å². The molecule has 2 fully saturated rings. The van der Waals surface area contributed by atoms with Crippen molar-refractivity contribution in [3.63, 3.8) is 0 Å². The first-order chi connectivity index (χ1) is 47.6. The van der Waals surface area contributed by atoms with Crippen LogP contribution in [0.4, 0.5) is 13.2 Å². The van der Waals surface area contributed by atoms with Crippen LogP contribution in [0.3, 0.4) is 0 Å². The van der Waals surface area contributed by atoms with Gasteiger partial charge in [0.2, 0.25) is 0 Å². The van der Waals surface area contributed by atoms with E-state index in [0.29, 0.717) is 39.5 Å². The Morgan fingerprint density at radius 2 is 1.07 bits per heavy atom. The van der Waals surface area contributed by atoms with Crippen LogP contribution < -0.4 is 20.2 Å². The van der Waals surface area contributed by atoms with Gasteiger partial charge in [-0.1, -0.05) is 135 Å². The monoisotopic (exact) mass is 1670 g/mol. The number of nitrogens with one attached hydrogen (secondary N) is 2. The van der Waals surface area contributed by atoms with Crippen molar-refractivity contribution in [1.82, 2.24) is 49.1 Å². The molecular formula is C68H76BBr2F3N10O10P2S2SiTi2-2. The molecule has 0 aliphatic carbocycles. The number of hydrogen-bond acceptors (Lipinski definition) is 17. The maximum Gasteiger partial charge on any atom is 0.488 e. The summed E-state index contributed by atoms with van der Waals surface area (Å²) in [5, 5.41) is 32.2. The van der Waals surface area contributed by atoms with Crippen LogP contribution in [0.5, 0.6) is 17.2 Å². The van der Waals surface area contributed by atoms with E-state index in [-0.39, 0.29) is 66.1 Å². The van der Waals surface area contributed by atoms with Crippen molar-refractivity contribution in [3.8, 4) is 17.2 Å². The molecule has 0 unspecified atom stereocenters. The third-order valence-corrected chi connectivity index (χ3v) is 22.6. The SMILES string of the molecule is Brc1cnc2[n-]ccc2c1.Brc1cnc2[nH]ccc2c1.C1CCOC1.C1CCOC1.CC(C)[Si](C(C)C)(C(C)C)n1ccc2cc(O)cnc21.COC(=O)c1ccc(F)cc1F.COC(=O)c1ccc(F)cc1Oc1cnc2[nH]ccc2c1.OB(O)c1cnc2[n-]ccc2c1.P=S.P=S.[Ti].[Ti]. The van der Waals surface area contributed by atoms with Gasteiger partial charge >= 0.3 is 19.1 Å². The zero-order valence-corrected chi connectivity index (χ0v) is 67.4. The third-order valence-electron chi connectivity index (χ3n) is 15.0. The summed E-state index contributed by atoms with van der Waals surface area (Å²) in [6, 6.07) is 25.1. The zero-order valence-electron chi connectivity index (χ0n) is 56.5. The van der Waals surface area contributed by atoms with E-state index in [9.17, 15) is 27.9 Å². The molecule has 5 N–H and O–H groups in total. The standard InChI is InChI=1S/C16H26N2OSi.C15H11FN2O3.C8H6F2O2.C7H6BN2O2.C7H5BrN2.C7H4BrN2.2C4H8O.2HPS.2Ti/c1-11(2)20(12(3)4,13(5)6)18-8-7-14-9-15(19)10-17-16(14)18;1-20-15(19)12-3-2-10(16)7-13(12)21-11-6-9-4-5-17-14(9)18-8-11;1-12-8(11)6-3-2-5(9)4-7(6)10;11-8(12)6-3-5-1-2-9-7(5)10-4-6;2*8-6-3-5-1-2-9-7(5)10-4-6;2*1-2-4-5-3-1;2*1-2;;/h7-13,19H,1-6H3;2-8H,1H3,(H,17,18);2-4H,1H3;1-4,11-12H;1-4H,(H,9,10);1-4H;2*1-4H2;2*1H;;/q;;;-1;;-1;;;;;;. The predicted molar refractivity (Wildman–Crippen MR) is 402 cm³/mol. The zero-order chi connectivity index (χ0) is 72.6. The van der Waals surface area contributed by atoms with Crippen molar-refractivity contribution >= 4 is 159 Å². The van der Waals surface area contributed by atoms with Crippen molar-refractivity contribution in [2.24, 2.45) is 0 Å². The molecule has 2 aliphatic heterocycles. The van der Waals surface area contributed by atoms with Crippen LogP contribution in [0.25, 0.3) is 55.2 Å². The number of benzene rings is 2. The molecule has 2 saturated heterocycles. The Morgan fingerprint density at radius 1 is 0.594 bits per heavy atom. The predicted octanol–water partition coefficient (Wildman–Crippen LogP) is 15.7. The molecule has 532 valence electrons. The van der Waals surface area contributed by atoms with Gasteiger partial charge in [0.15, 0.2) is 8.24 Å². The molecular weight excluding hydrogens is 1590 g/mol. The number of carbonyl (C=O) groups is 2. The number of aromatic nitrogens is 10. The van der Waals surface area contributed by atoms with Crippen molar-refractivity contribution in [2.75, 3.05) is 40.6 Å². The van der Waals surface area contributed by atoms with Gasteiger partial charge in [-0.25, -0.2) is 37.7 Å². The largest absolute Gasteiger partial charge is 0.506 e. The number of fused-ring (bicyclic) bond motifs is 5. The second-order valence-electron chi connectivity index (χ2n) is 22.3.